The molecule has 1 aliphatic carbocycles. The molecule has 0 radical (unpaired) electrons. The van der Waals surface area contributed by atoms with Gasteiger partial charge in [0.2, 0.25) is 0 Å². The summed E-state index contributed by atoms with van der Waals surface area (Å²) in [4.78, 5) is 12.8. The molecule has 1 rings (SSSR count). The Morgan fingerprint density at radius 3 is 2.64 bits per heavy atom. The molecule has 0 saturated heterocycles. The molecule has 0 aliphatic heterocycles. The van der Waals surface area contributed by atoms with Crippen molar-refractivity contribution < 1.29 is 9.90 Å². The summed E-state index contributed by atoms with van der Waals surface area (Å²) >= 11 is 0. The van der Waals surface area contributed by atoms with E-state index in [-0.39, 0.29) is 6.54 Å². The predicted molar refractivity (Wildman–Crippen MR) is 56.3 cm³/mol. The first-order valence-corrected chi connectivity index (χ1v) is 5.64. The van der Waals surface area contributed by atoms with Gasteiger partial charge in [0.15, 0.2) is 0 Å². The van der Waals surface area contributed by atoms with E-state index in [0.29, 0.717) is 12.0 Å². The number of likely N-dealkylation sites (N-methyl/N-ethyl adjacent to an activating group) is 1. The molecular formula is C11H21NO2. The molecule has 2 unspecified atom stereocenters. The number of rotatable bonds is 5. The largest absolute Gasteiger partial charge is 0.480 e. The Balaban J connectivity index is 2.54. The fourth-order valence-electron chi connectivity index (χ4n) is 2.61. The van der Waals surface area contributed by atoms with Crippen LogP contribution in [0.2, 0.25) is 0 Å². The summed E-state index contributed by atoms with van der Waals surface area (Å²) in [5.41, 5.74) is 0. The maximum absolute atomic E-state index is 10.7. The maximum Gasteiger partial charge on any atom is 0.317 e. The Hall–Kier alpha value is -0.570. The number of carbonyl (C=O) groups is 1. The van der Waals surface area contributed by atoms with Gasteiger partial charge >= 0.3 is 5.97 Å². The predicted octanol–water partition coefficient (Wildman–Crippen LogP) is 1.97. The lowest BCUT2D eigenvalue weighted by Crippen LogP contribution is -2.40. The highest BCUT2D eigenvalue weighted by Crippen LogP contribution is 2.31. The number of aliphatic carboxylic acids is 1. The molecular weight excluding hydrogens is 178 g/mol. The minimum Gasteiger partial charge on any atom is -0.480 e. The van der Waals surface area contributed by atoms with Crippen molar-refractivity contribution in [3.05, 3.63) is 0 Å². The summed E-state index contributed by atoms with van der Waals surface area (Å²) in [7, 11) is 0. The highest BCUT2D eigenvalue weighted by Gasteiger charge is 2.30. The van der Waals surface area contributed by atoms with Crippen LogP contribution in [0.15, 0.2) is 0 Å². The normalized spacial score (nSPS) is 27.1. The zero-order chi connectivity index (χ0) is 10.6. The third-order valence-electron chi connectivity index (χ3n) is 3.36. The van der Waals surface area contributed by atoms with Gasteiger partial charge < -0.3 is 5.11 Å². The van der Waals surface area contributed by atoms with E-state index in [2.05, 4.69) is 11.8 Å². The zero-order valence-corrected chi connectivity index (χ0v) is 9.20. The topological polar surface area (TPSA) is 40.5 Å². The molecule has 0 amide bonds. The summed E-state index contributed by atoms with van der Waals surface area (Å²) in [5.74, 6) is 0.0166. The average molecular weight is 199 g/mol. The molecule has 3 heteroatoms. The van der Waals surface area contributed by atoms with Crippen LogP contribution in [-0.4, -0.2) is 35.1 Å². The molecule has 2 atom stereocenters. The minimum atomic E-state index is -0.700. The van der Waals surface area contributed by atoms with Crippen molar-refractivity contribution in [1.82, 2.24) is 4.90 Å². The Kier molecular flexibility index (Phi) is 4.39. The van der Waals surface area contributed by atoms with E-state index in [9.17, 15) is 4.79 Å². The number of carboxylic acids is 1. The smallest absolute Gasteiger partial charge is 0.317 e. The van der Waals surface area contributed by atoms with Gasteiger partial charge in [-0.3, -0.25) is 9.69 Å². The molecule has 14 heavy (non-hydrogen) atoms. The Morgan fingerprint density at radius 1 is 1.43 bits per heavy atom. The molecule has 0 aromatic carbocycles. The third-order valence-corrected chi connectivity index (χ3v) is 3.36. The fourth-order valence-corrected chi connectivity index (χ4v) is 2.61. The molecule has 0 bridgehead atoms. The van der Waals surface area contributed by atoms with Crippen LogP contribution in [0.3, 0.4) is 0 Å². The lowest BCUT2D eigenvalue weighted by Gasteiger charge is -2.30. The molecule has 1 saturated carbocycles. The first-order chi connectivity index (χ1) is 6.69. The van der Waals surface area contributed by atoms with Crippen molar-refractivity contribution in [2.75, 3.05) is 13.1 Å². The van der Waals surface area contributed by atoms with Gasteiger partial charge in [-0.1, -0.05) is 26.7 Å². The molecule has 1 aliphatic rings. The summed E-state index contributed by atoms with van der Waals surface area (Å²) in [6.45, 7) is 5.32. The van der Waals surface area contributed by atoms with Crippen molar-refractivity contribution in [1.29, 1.82) is 0 Å². The number of carboxylic acid groups (broad SMARTS) is 1. The van der Waals surface area contributed by atoms with Crippen molar-refractivity contribution >= 4 is 5.97 Å². The Morgan fingerprint density at radius 2 is 2.14 bits per heavy atom. The van der Waals surface area contributed by atoms with Gasteiger partial charge in [0.1, 0.15) is 0 Å². The van der Waals surface area contributed by atoms with Gasteiger partial charge in [-0.15, -0.1) is 0 Å². The Bertz CT molecular complexity index is 194. The monoisotopic (exact) mass is 199 g/mol. The van der Waals surface area contributed by atoms with E-state index in [1.54, 1.807) is 0 Å². The molecule has 0 aromatic rings. The van der Waals surface area contributed by atoms with Crippen LogP contribution in [0.4, 0.5) is 0 Å². The fraction of sp³-hybridized carbons (Fsp3) is 0.909. The quantitative estimate of drug-likeness (QED) is 0.736. The summed E-state index contributed by atoms with van der Waals surface area (Å²) in [6, 6.07) is 0.515. The molecule has 1 fully saturated rings. The Labute approximate surface area is 86.1 Å². The van der Waals surface area contributed by atoms with E-state index in [1.165, 1.54) is 25.7 Å². The van der Waals surface area contributed by atoms with Crippen LogP contribution in [0, 0.1) is 5.92 Å². The molecule has 82 valence electrons. The summed E-state index contributed by atoms with van der Waals surface area (Å²) in [6.07, 6.45) is 4.90. The van der Waals surface area contributed by atoms with Gasteiger partial charge in [-0.05, 0) is 25.3 Å². The average Bonchev–Trinajstić information content (AvgIpc) is 2.61. The second-order valence-electron chi connectivity index (χ2n) is 4.12. The number of hydrogen-bond acceptors (Lipinski definition) is 2. The molecule has 1 N–H and O–H groups in total. The van der Waals surface area contributed by atoms with Crippen LogP contribution in [0.5, 0.6) is 0 Å². The molecule has 0 aromatic heterocycles. The van der Waals surface area contributed by atoms with E-state index < -0.39 is 5.97 Å². The van der Waals surface area contributed by atoms with E-state index in [4.69, 9.17) is 5.11 Å². The van der Waals surface area contributed by atoms with Crippen LogP contribution in [0.1, 0.15) is 39.5 Å². The minimum absolute atomic E-state index is 0.206. The van der Waals surface area contributed by atoms with Crippen molar-refractivity contribution in [3.63, 3.8) is 0 Å². The van der Waals surface area contributed by atoms with Gasteiger partial charge in [-0.25, -0.2) is 0 Å². The zero-order valence-electron chi connectivity index (χ0n) is 9.20. The highest BCUT2D eigenvalue weighted by molar-refractivity contribution is 5.69. The second-order valence-corrected chi connectivity index (χ2v) is 4.12. The molecule has 0 spiro atoms. The van der Waals surface area contributed by atoms with Gasteiger partial charge in [0.05, 0.1) is 6.54 Å². The van der Waals surface area contributed by atoms with E-state index in [1.807, 2.05) is 6.92 Å². The van der Waals surface area contributed by atoms with Crippen molar-refractivity contribution in [3.8, 4) is 0 Å². The highest BCUT2D eigenvalue weighted by atomic mass is 16.4. The molecule has 0 heterocycles. The van der Waals surface area contributed by atoms with Gasteiger partial charge in [-0.2, -0.15) is 0 Å². The van der Waals surface area contributed by atoms with Crippen LogP contribution >= 0.6 is 0 Å². The van der Waals surface area contributed by atoms with Crippen molar-refractivity contribution in [2.24, 2.45) is 5.92 Å². The number of hydrogen-bond donors (Lipinski definition) is 1. The van der Waals surface area contributed by atoms with Gasteiger partial charge in [0, 0.05) is 6.04 Å². The van der Waals surface area contributed by atoms with Crippen molar-refractivity contribution in [2.45, 2.75) is 45.6 Å². The lowest BCUT2D eigenvalue weighted by molar-refractivity contribution is -0.139. The third kappa shape index (κ3) is 2.71. The maximum atomic E-state index is 10.7. The molecule has 3 nitrogen and oxygen atoms in total. The summed E-state index contributed by atoms with van der Waals surface area (Å²) < 4.78 is 0. The first kappa shape index (κ1) is 11.5. The van der Waals surface area contributed by atoms with E-state index in [0.717, 1.165) is 6.54 Å². The van der Waals surface area contributed by atoms with E-state index >= 15 is 0 Å². The number of nitrogens with zero attached hydrogens (tertiary/aromatic N) is 1. The van der Waals surface area contributed by atoms with Crippen LogP contribution in [-0.2, 0) is 4.79 Å². The standard InChI is InChI=1S/C11H21NO2/c1-3-9-6-5-7-10(9)12(4-2)8-11(13)14/h9-10H,3-8H2,1-2H3,(H,13,14). The second kappa shape index (κ2) is 5.35. The van der Waals surface area contributed by atoms with Crippen LogP contribution < -0.4 is 0 Å². The van der Waals surface area contributed by atoms with Crippen LogP contribution in [0.25, 0.3) is 0 Å². The first-order valence-electron chi connectivity index (χ1n) is 5.64. The lowest BCUT2D eigenvalue weighted by atomic mass is 9.99. The SMILES string of the molecule is CCC1CCCC1N(CC)CC(=O)O. The summed E-state index contributed by atoms with van der Waals surface area (Å²) in [5, 5.41) is 8.79. The van der Waals surface area contributed by atoms with Gasteiger partial charge in [0.25, 0.3) is 0 Å².